The van der Waals surface area contributed by atoms with Gasteiger partial charge in [-0.2, -0.15) is 27.9 Å². The monoisotopic (exact) mass is 758 g/mol. The molecule has 0 unspecified atom stereocenters. The number of carbonyl (C=O) groups is 3. The third-order valence-corrected chi connectivity index (χ3v) is 9.58. The number of hydrogen-bond donors (Lipinski definition) is 3. The summed E-state index contributed by atoms with van der Waals surface area (Å²) in [7, 11) is -0.667. The van der Waals surface area contributed by atoms with Crippen molar-refractivity contribution in [1.29, 1.82) is 0 Å². The van der Waals surface area contributed by atoms with Crippen molar-refractivity contribution in [3.05, 3.63) is 46.4 Å². The van der Waals surface area contributed by atoms with E-state index in [1.54, 1.807) is 4.72 Å². The van der Waals surface area contributed by atoms with E-state index in [0.29, 0.717) is 16.2 Å². The van der Waals surface area contributed by atoms with E-state index in [9.17, 15) is 27.2 Å². The van der Waals surface area contributed by atoms with Gasteiger partial charge in [0.1, 0.15) is 22.8 Å². The number of halogens is 1. The standard InChI is InChI=1S/C18H17FN4O2S.C12H14N6O7S/c1-4-5-22-13-7-12(11(19)6-14(13)25-9-16(22)24)20-17-23-10-18(2,3)8-15(23)21-26-17;1-18-9(6(5-13-18)10(19)20)26(22,23)17-12(21)16-11-14-7(24-2)4-8(15-11)25-3/h1,6-7H,5,8-10H2,2-3H3;4-5H,1-3H3,(H,19,20)(H2,14,15,16,17,21). The van der Waals surface area contributed by atoms with Gasteiger partial charge in [-0.3, -0.25) is 19.7 Å². The number of nitrogens with zero attached hydrogens (tertiary/aromatic N) is 8. The molecule has 0 bridgehead atoms. The Balaban J connectivity index is 0.000000201. The minimum atomic E-state index is -4.53. The highest BCUT2D eigenvalue weighted by molar-refractivity contribution is 7.90. The van der Waals surface area contributed by atoms with Crippen molar-refractivity contribution in [2.75, 3.05) is 37.6 Å². The fourth-order valence-electron chi connectivity index (χ4n) is 5.10. The molecule has 0 saturated carbocycles. The van der Waals surface area contributed by atoms with E-state index in [1.165, 1.54) is 55.9 Å². The number of aromatic carboxylic acids is 1. The van der Waals surface area contributed by atoms with Gasteiger partial charge in [-0.25, -0.2) is 23.7 Å². The molecule has 1 aromatic carbocycles. The lowest BCUT2D eigenvalue weighted by molar-refractivity contribution is -0.121. The number of ether oxygens (including phenoxy) is 3. The Hall–Kier alpha value is -6.08. The molecule has 0 aliphatic carbocycles. The average molecular weight is 759 g/mol. The molecule has 0 spiro atoms. The molecule has 19 nitrogen and oxygen atoms in total. The maximum absolute atomic E-state index is 14.5. The number of terminal acetylenes is 1. The highest BCUT2D eigenvalue weighted by Gasteiger charge is 2.32. The molecule has 3 amide bonds. The van der Waals surface area contributed by atoms with Crippen LogP contribution in [0.15, 0.2) is 34.4 Å². The molecule has 4 aromatic rings. The molecule has 3 aromatic heterocycles. The SMILES string of the molecule is C#CCN1C(=O)COc2cc(F)c(N=c3snc4n3CC(C)(C)C4)cc21.COc1cc(OC)nc(NC(=O)NS(=O)(=O)c2c(C(=O)O)cnn2C)n1. The summed E-state index contributed by atoms with van der Waals surface area (Å²) < 4.78 is 63.2. The average Bonchev–Trinajstić information content (AvgIpc) is 3.74. The van der Waals surface area contributed by atoms with Gasteiger partial charge < -0.3 is 23.9 Å². The molecule has 0 fully saturated rings. The van der Waals surface area contributed by atoms with Crippen LogP contribution < -0.4 is 34.0 Å². The molecule has 274 valence electrons. The second-order valence-corrected chi connectivity index (χ2v) is 14.1. The number of aromatic nitrogens is 6. The summed E-state index contributed by atoms with van der Waals surface area (Å²) in [5.74, 6) is 1.24. The zero-order valence-electron chi connectivity index (χ0n) is 28.2. The number of benzene rings is 1. The Morgan fingerprint density at radius 2 is 1.90 bits per heavy atom. The molecule has 2 aliphatic heterocycles. The molecule has 2 aliphatic rings. The van der Waals surface area contributed by atoms with Crippen LogP contribution in [0.3, 0.4) is 0 Å². The lowest BCUT2D eigenvalue weighted by Gasteiger charge is -2.28. The zero-order chi connectivity index (χ0) is 38.0. The molecule has 0 radical (unpaired) electrons. The van der Waals surface area contributed by atoms with Crippen molar-refractivity contribution in [3.63, 3.8) is 0 Å². The van der Waals surface area contributed by atoms with E-state index >= 15 is 0 Å². The number of methoxy groups -OCH3 is 2. The van der Waals surface area contributed by atoms with Crippen LogP contribution in [0.25, 0.3) is 0 Å². The van der Waals surface area contributed by atoms with Gasteiger partial charge in [0.15, 0.2) is 17.5 Å². The van der Waals surface area contributed by atoms with Gasteiger partial charge in [0, 0.05) is 37.6 Å². The van der Waals surface area contributed by atoms with Gasteiger partial charge in [-0.05, 0) is 11.5 Å². The largest absolute Gasteiger partial charge is 0.481 e. The van der Waals surface area contributed by atoms with Gasteiger partial charge in [0.25, 0.3) is 15.9 Å². The second kappa shape index (κ2) is 14.6. The predicted molar refractivity (Wildman–Crippen MR) is 181 cm³/mol. The number of anilines is 2. The van der Waals surface area contributed by atoms with Crippen molar-refractivity contribution in [2.24, 2.45) is 17.5 Å². The second-order valence-electron chi connectivity index (χ2n) is 11.8. The van der Waals surface area contributed by atoms with E-state index in [4.69, 9.17) is 25.7 Å². The van der Waals surface area contributed by atoms with Crippen LogP contribution in [-0.2, 0) is 34.8 Å². The summed E-state index contributed by atoms with van der Waals surface area (Å²) in [5, 5.41) is 14.0. The van der Waals surface area contributed by atoms with Crippen molar-refractivity contribution < 1.29 is 46.5 Å². The third-order valence-electron chi connectivity index (χ3n) is 7.35. The van der Waals surface area contributed by atoms with E-state index < -0.39 is 38.4 Å². The number of carboxylic acid groups (broad SMARTS) is 1. The summed E-state index contributed by atoms with van der Waals surface area (Å²) >= 11 is 1.24. The first kappa shape index (κ1) is 37.2. The quantitative estimate of drug-likeness (QED) is 0.217. The van der Waals surface area contributed by atoms with Crippen LogP contribution in [-0.4, -0.2) is 87.5 Å². The van der Waals surface area contributed by atoms with Gasteiger partial charge >= 0.3 is 12.0 Å². The zero-order valence-corrected chi connectivity index (χ0v) is 29.8. The van der Waals surface area contributed by atoms with Crippen molar-refractivity contribution in [3.8, 4) is 29.9 Å². The van der Waals surface area contributed by atoms with Crippen LogP contribution in [0, 0.1) is 23.6 Å². The predicted octanol–water partition coefficient (Wildman–Crippen LogP) is 1.69. The van der Waals surface area contributed by atoms with Crippen LogP contribution in [0.2, 0.25) is 0 Å². The topological polar surface area (TPSA) is 234 Å². The van der Waals surface area contributed by atoms with Gasteiger partial charge in [0.2, 0.25) is 22.5 Å². The molecule has 52 heavy (non-hydrogen) atoms. The number of amides is 3. The smallest absolute Gasteiger partial charge is 0.340 e. The summed E-state index contributed by atoms with van der Waals surface area (Å²) in [4.78, 5) is 49.2. The molecular weight excluding hydrogens is 728 g/mol. The molecule has 3 N–H and O–H groups in total. The first-order valence-electron chi connectivity index (χ1n) is 14.9. The Labute approximate surface area is 299 Å². The van der Waals surface area contributed by atoms with E-state index in [2.05, 4.69) is 49.5 Å². The number of rotatable bonds is 8. The van der Waals surface area contributed by atoms with Crippen LogP contribution >= 0.6 is 11.5 Å². The fraction of sp³-hybridized carbons (Fsp3) is 0.333. The van der Waals surface area contributed by atoms with Crippen molar-refractivity contribution in [1.82, 2.24) is 33.4 Å². The summed E-state index contributed by atoms with van der Waals surface area (Å²) in [6, 6.07) is 2.87. The van der Waals surface area contributed by atoms with E-state index in [-0.39, 0.29) is 47.9 Å². The van der Waals surface area contributed by atoms with Crippen molar-refractivity contribution in [2.45, 2.75) is 31.8 Å². The van der Waals surface area contributed by atoms with Crippen LogP contribution in [0.4, 0.5) is 26.5 Å². The van der Waals surface area contributed by atoms with E-state index in [1.807, 2.05) is 4.57 Å². The third kappa shape index (κ3) is 7.94. The first-order valence-corrected chi connectivity index (χ1v) is 17.2. The van der Waals surface area contributed by atoms with Crippen LogP contribution in [0.1, 0.15) is 30.0 Å². The molecule has 5 heterocycles. The number of carbonyl (C=O) groups excluding carboxylic acids is 2. The molecule has 22 heteroatoms. The Kier molecular flexibility index (Phi) is 10.5. The molecular formula is C30H31FN10O9S2. The highest BCUT2D eigenvalue weighted by atomic mass is 32.2. The number of hydrogen-bond acceptors (Lipinski definition) is 14. The number of sulfonamides is 1. The fourth-order valence-corrected chi connectivity index (χ4v) is 7.08. The number of aryl methyl sites for hydroxylation is 1. The Bertz CT molecular complexity index is 2270. The highest BCUT2D eigenvalue weighted by Crippen LogP contribution is 2.37. The van der Waals surface area contributed by atoms with Gasteiger partial charge in [0.05, 0.1) is 38.7 Å². The normalized spacial score (nSPS) is 14.6. The maximum atomic E-state index is 14.5. The molecule has 6 rings (SSSR count). The molecule has 0 saturated heterocycles. The first-order chi connectivity index (χ1) is 24.5. The summed E-state index contributed by atoms with van der Waals surface area (Å²) in [6.07, 6.45) is 7.07. The minimum Gasteiger partial charge on any atom is -0.481 e. The van der Waals surface area contributed by atoms with Crippen LogP contribution in [0.5, 0.6) is 17.5 Å². The summed E-state index contributed by atoms with van der Waals surface area (Å²) in [6.45, 7) is 5.05. The van der Waals surface area contributed by atoms with E-state index in [0.717, 1.165) is 29.7 Å². The minimum absolute atomic E-state index is 0.0646. The number of nitrogens with one attached hydrogen (secondary N) is 2. The number of carboxylic acids is 1. The molecule has 0 atom stereocenters. The van der Waals surface area contributed by atoms with Gasteiger partial charge in [-0.15, -0.1) is 6.42 Å². The Morgan fingerprint density at radius 1 is 1.21 bits per heavy atom. The number of fused-ring (bicyclic) bond motifs is 2. The summed E-state index contributed by atoms with van der Waals surface area (Å²) in [5.41, 5.74) is 0.0874. The number of urea groups is 1. The lowest BCUT2D eigenvalue weighted by Crippen LogP contribution is -2.39. The van der Waals surface area contributed by atoms with Crippen molar-refractivity contribution >= 4 is 56.8 Å². The lowest BCUT2D eigenvalue weighted by atomic mass is 9.92. The Morgan fingerprint density at radius 3 is 2.54 bits per heavy atom. The van der Waals surface area contributed by atoms with Gasteiger partial charge in [-0.1, -0.05) is 19.8 Å². The maximum Gasteiger partial charge on any atom is 0.340 e.